The number of hydrogen-bond acceptors (Lipinski definition) is 4. The standard InChI is InChI=1S/C14H13BrN2O2/c15-11-3-1-2-9(6-11)7-13-16-14(19-17-13)8-12(18)10-4-5-10/h1-3,6,10H,4-5,7-8H2. The Morgan fingerprint density at radius 2 is 2.26 bits per heavy atom. The van der Waals surface area contributed by atoms with Gasteiger partial charge in [-0.1, -0.05) is 33.2 Å². The smallest absolute Gasteiger partial charge is 0.234 e. The van der Waals surface area contributed by atoms with Crippen LogP contribution in [0.3, 0.4) is 0 Å². The van der Waals surface area contributed by atoms with Gasteiger partial charge in [-0.2, -0.15) is 4.98 Å². The molecule has 1 heterocycles. The Morgan fingerprint density at radius 3 is 3.00 bits per heavy atom. The molecule has 0 radical (unpaired) electrons. The van der Waals surface area contributed by atoms with Gasteiger partial charge in [-0.15, -0.1) is 0 Å². The molecule has 1 aromatic carbocycles. The molecule has 3 rings (SSSR count). The summed E-state index contributed by atoms with van der Waals surface area (Å²) in [5, 5.41) is 3.92. The van der Waals surface area contributed by atoms with E-state index in [0.717, 1.165) is 22.9 Å². The second kappa shape index (κ2) is 5.25. The number of Topliss-reactive ketones (excluding diaryl/α,β-unsaturated/α-hetero) is 1. The fraction of sp³-hybridized carbons (Fsp3) is 0.357. The van der Waals surface area contributed by atoms with Crippen molar-refractivity contribution in [2.24, 2.45) is 5.92 Å². The third kappa shape index (κ3) is 3.29. The lowest BCUT2D eigenvalue weighted by molar-refractivity contribution is -0.119. The predicted octanol–water partition coefficient (Wildman–Crippen LogP) is 2.94. The van der Waals surface area contributed by atoms with Crippen molar-refractivity contribution >= 4 is 21.7 Å². The largest absolute Gasteiger partial charge is 0.339 e. The van der Waals surface area contributed by atoms with E-state index in [-0.39, 0.29) is 18.1 Å². The van der Waals surface area contributed by atoms with Gasteiger partial charge in [0.1, 0.15) is 5.78 Å². The summed E-state index contributed by atoms with van der Waals surface area (Å²) in [6.45, 7) is 0. The Bertz CT molecular complexity index is 605. The minimum absolute atomic E-state index is 0.220. The number of carbonyl (C=O) groups is 1. The third-order valence-corrected chi connectivity index (χ3v) is 3.61. The molecule has 98 valence electrons. The maximum Gasteiger partial charge on any atom is 0.234 e. The third-order valence-electron chi connectivity index (χ3n) is 3.12. The van der Waals surface area contributed by atoms with E-state index < -0.39 is 0 Å². The number of hydrogen-bond donors (Lipinski definition) is 0. The fourth-order valence-electron chi connectivity index (χ4n) is 1.96. The average Bonchev–Trinajstić information content (AvgIpc) is 3.13. The highest BCUT2D eigenvalue weighted by Crippen LogP contribution is 2.30. The van der Waals surface area contributed by atoms with Crippen molar-refractivity contribution in [3.8, 4) is 0 Å². The first-order valence-corrected chi connectivity index (χ1v) is 7.08. The molecular weight excluding hydrogens is 308 g/mol. The lowest BCUT2D eigenvalue weighted by atomic mass is 10.1. The minimum atomic E-state index is 0.220. The van der Waals surface area contributed by atoms with Crippen LogP contribution in [0.5, 0.6) is 0 Å². The van der Waals surface area contributed by atoms with Crippen LogP contribution in [0.2, 0.25) is 0 Å². The van der Waals surface area contributed by atoms with E-state index in [4.69, 9.17) is 4.52 Å². The van der Waals surface area contributed by atoms with Gasteiger partial charge in [0.25, 0.3) is 0 Å². The number of rotatable bonds is 5. The van der Waals surface area contributed by atoms with E-state index in [1.54, 1.807) is 0 Å². The van der Waals surface area contributed by atoms with Crippen LogP contribution in [0.25, 0.3) is 0 Å². The number of benzene rings is 1. The van der Waals surface area contributed by atoms with Crippen molar-refractivity contribution in [3.05, 3.63) is 46.0 Å². The lowest BCUT2D eigenvalue weighted by Crippen LogP contribution is -2.05. The van der Waals surface area contributed by atoms with E-state index in [0.29, 0.717) is 18.1 Å². The molecule has 0 unspecified atom stereocenters. The number of ketones is 1. The van der Waals surface area contributed by atoms with Crippen LogP contribution in [0, 0.1) is 5.92 Å². The summed E-state index contributed by atoms with van der Waals surface area (Å²) >= 11 is 3.43. The maximum absolute atomic E-state index is 11.7. The van der Waals surface area contributed by atoms with Crippen molar-refractivity contribution in [1.82, 2.24) is 10.1 Å². The Labute approximate surface area is 119 Å². The highest BCUT2D eigenvalue weighted by molar-refractivity contribution is 9.10. The molecule has 5 heteroatoms. The summed E-state index contributed by atoms with van der Waals surface area (Å²) in [6.07, 6.45) is 2.91. The molecule has 2 aromatic rings. The van der Waals surface area contributed by atoms with Gasteiger partial charge in [0.05, 0.1) is 6.42 Å². The molecule has 1 saturated carbocycles. The lowest BCUT2D eigenvalue weighted by Gasteiger charge is -1.96. The van der Waals surface area contributed by atoms with Gasteiger partial charge in [0.15, 0.2) is 5.82 Å². The summed E-state index contributed by atoms with van der Waals surface area (Å²) in [6, 6.07) is 7.97. The van der Waals surface area contributed by atoms with Crippen molar-refractivity contribution < 1.29 is 9.32 Å². The monoisotopic (exact) mass is 320 g/mol. The van der Waals surface area contributed by atoms with Crippen LogP contribution in [-0.4, -0.2) is 15.9 Å². The minimum Gasteiger partial charge on any atom is -0.339 e. The summed E-state index contributed by atoms with van der Waals surface area (Å²) in [5.74, 6) is 1.51. The molecule has 1 aromatic heterocycles. The fourth-order valence-corrected chi connectivity index (χ4v) is 2.41. The average molecular weight is 321 g/mol. The zero-order chi connectivity index (χ0) is 13.2. The molecule has 1 fully saturated rings. The Hall–Kier alpha value is -1.49. The topological polar surface area (TPSA) is 56.0 Å². The molecule has 0 atom stereocenters. The molecule has 0 saturated heterocycles. The van der Waals surface area contributed by atoms with Crippen LogP contribution >= 0.6 is 15.9 Å². The highest BCUT2D eigenvalue weighted by Gasteiger charge is 2.30. The molecule has 19 heavy (non-hydrogen) atoms. The van der Waals surface area contributed by atoms with Gasteiger partial charge >= 0.3 is 0 Å². The van der Waals surface area contributed by atoms with Crippen LogP contribution in [0.1, 0.15) is 30.1 Å². The normalized spacial score (nSPS) is 14.6. The van der Waals surface area contributed by atoms with E-state index >= 15 is 0 Å². The molecule has 0 N–H and O–H groups in total. The number of carbonyl (C=O) groups excluding carboxylic acids is 1. The quantitative estimate of drug-likeness (QED) is 0.850. The molecule has 1 aliphatic rings. The van der Waals surface area contributed by atoms with Crippen LogP contribution < -0.4 is 0 Å². The molecule has 0 amide bonds. The van der Waals surface area contributed by atoms with Crippen LogP contribution in [0.15, 0.2) is 33.3 Å². The van der Waals surface area contributed by atoms with Crippen LogP contribution in [0.4, 0.5) is 0 Å². The van der Waals surface area contributed by atoms with Gasteiger partial charge < -0.3 is 4.52 Å². The Balaban J connectivity index is 1.65. The van der Waals surface area contributed by atoms with Crippen molar-refractivity contribution in [1.29, 1.82) is 0 Å². The molecular formula is C14H13BrN2O2. The zero-order valence-electron chi connectivity index (χ0n) is 10.3. The van der Waals surface area contributed by atoms with E-state index in [9.17, 15) is 4.79 Å². The first-order valence-electron chi connectivity index (χ1n) is 6.29. The second-order valence-electron chi connectivity index (χ2n) is 4.83. The number of aromatic nitrogens is 2. The van der Waals surface area contributed by atoms with Gasteiger partial charge in [-0.3, -0.25) is 4.79 Å². The Morgan fingerprint density at radius 1 is 1.42 bits per heavy atom. The van der Waals surface area contributed by atoms with Gasteiger partial charge in [0.2, 0.25) is 5.89 Å². The molecule has 4 nitrogen and oxygen atoms in total. The van der Waals surface area contributed by atoms with Gasteiger partial charge in [0, 0.05) is 16.8 Å². The van der Waals surface area contributed by atoms with Crippen molar-refractivity contribution in [3.63, 3.8) is 0 Å². The summed E-state index contributed by atoms with van der Waals surface area (Å²) < 4.78 is 6.15. The molecule has 0 spiro atoms. The maximum atomic E-state index is 11.7. The summed E-state index contributed by atoms with van der Waals surface area (Å²) in [7, 11) is 0. The number of halogens is 1. The Kier molecular flexibility index (Phi) is 3.46. The molecule has 0 aliphatic heterocycles. The number of nitrogens with zero attached hydrogens (tertiary/aromatic N) is 2. The summed E-state index contributed by atoms with van der Waals surface area (Å²) in [4.78, 5) is 15.9. The molecule has 1 aliphatic carbocycles. The van der Waals surface area contributed by atoms with Crippen LogP contribution in [-0.2, 0) is 17.6 Å². The first kappa shape index (κ1) is 12.5. The van der Waals surface area contributed by atoms with E-state index in [2.05, 4.69) is 26.1 Å². The SMILES string of the molecule is O=C(Cc1nc(Cc2cccc(Br)c2)no1)C1CC1. The molecule has 0 bridgehead atoms. The van der Waals surface area contributed by atoms with Gasteiger partial charge in [-0.05, 0) is 30.5 Å². The van der Waals surface area contributed by atoms with Crippen molar-refractivity contribution in [2.75, 3.05) is 0 Å². The predicted molar refractivity (Wildman–Crippen MR) is 72.7 cm³/mol. The highest BCUT2D eigenvalue weighted by atomic mass is 79.9. The zero-order valence-corrected chi connectivity index (χ0v) is 11.9. The first-order chi connectivity index (χ1) is 9.20. The van der Waals surface area contributed by atoms with E-state index in [1.807, 2.05) is 24.3 Å². The van der Waals surface area contributed by atoms with E-state index in [1.165, 1.54) is 0 Å². The van der Waals surface area contributed by atoms with Crippen molar-refractivity contribution in [2.45, 2.75) is 25.7 Å². The second-order valence-corrected chi connectivity index (χ2v) is 5.74. The summed E-state index contributed by atoms with van der Waals surface area (Å²) in [5.41, 5.74) is 1.11. The van der Waals surface area contributed by atoms with Gasteiger partial charge in [-0.25, -0.2) is 0 Å².